The highest BCUT2D eigenvalue weighted by atomic mass is 19.4. The first-order valence-corrected chi connectivity index (χ1v) is 8.55. The van der Waals surface area contributed by atoms with E-state index in [-0.39, 0.29) is 23.4 Å². The number of H-pyrrole nitrogens is 1. The topological polar surface area (TPSA) is 97.5 Å². The molecule has 0 atom stereocenters. The van der Waals surface area contributed by atoms with Gasteiger partial charge in [0.25, 0.3) is 5.91 Å². The van der Waals surface area contributed by atoms with E-state index in [0.29, 0.717) is 5.69 Å². The van der Waals surface area contributed by atoms with E-state index < -0.39 is 41.9 Å². The number of aromatic nitrogens is 1. The van der Waals surface area contributed by atoms with Crippen LogP contribution in [0.2, 0.25) is 0 Å². The Morgan fingerprint density at radius 3 is 2.34 bits per heavy atom. The van der Waals surface area contributed by atoms with Crippen LogP contribution in [-0.2, 0) is 20.4 Å². The van der Waals surface area contributed by atoms with E-state index in [2.05, 4.69) is 10.3 Å². The smallest absolute Gasteiger partial charge is 0.418 e. The summed E-state index contributed by atoms with van der Waals surface area (Å²) in [5, 5.41) is 2.08. The van der Waals surface area contributed by atoms with Crippen LogP contribution in [-0.4, -0.2) is 36.0 Å². The van der Waals surface area contributed by atoms with E-state index in [4.69, 9.17) is 9.47 Å². The van der Waals surface area contributed by atoms with Gasteiger partial charge in [-0.25, -0.2) is 9.59 Å². The first-order valence-electron chi connectivity index (χ1n) is 8.55. The Morgan fingerprint density at radius 1 is 1.07 bits per heavy atom. The van der Waals surface area contributed by atoms with Gasteiger partial charge < -0.3 is 19.8 Å². The van der Waals surface area contributed by atoms with Gasteiger partial charge in [0, 0.05) is 5.69 Å². The normalized spacial score (nSPS) is 11.1. The van der Waals surface area contributed by atoms with Crippen LogP contribution in [0.4, 0.5) is 18.9 Å². The van der Waals surface area contributed by atoms with Gasteiger partial charge in [-0.05, 0) is 38.5 Å². The lowest BCUT2D eigenvalue weighted by molar-refractivity contribution is -0.137. The Balaban J connectivity index is 2.07. The molecule has 2 aromatic rings. The summed E-state index contributed by atoms with van der Waals surface area (Å²) in [5.41, 5.74) is -0.709. The molecule has 156 valence electrons. The summed E-state index contributed by atoms with van der Waals surface area (Å²) in [5.74, 6) is -2.48. The van der Waals surface area contributed by atoms with Crippen molar-refractivity contribution in [3.05, 3.63) is 52.3 Å². The van der Waals surface area contributed by atoms with Gasteiger partial charge in [0.05, 0.1) is 23.4 Å². The second kappa shape index (κ2) is 8.80. The summed E-state index contributed by atoms with van der Waals surface area (Å²) >= 11 is 0. The highest BCUT2D eigenvalue weighted by molar-refractivity contribution is 6.00. The van der Waals surface area contributed by atoms with Crippen LogP contribution in [0, 0.1) is 13.8 Å². The lowest BCUT2D eigenvalue weighted by atomic mass is 10.1. The van der Waals surface area contributed by atoms with Gasteiger partial charge in [-0.3, -0.25) is 4.79 Å². The maximum absolute atomic E-state index is 13.0. The molecule has 1 amide bonds. The molecule has 10 heteroatoms. The van der Waals surface area contributed by atoms with Gasteiger partial charge in [0.15, 0.2) is 6.61 Å². The first kappa shape index (κ1) is 22.0. The van der Waals surface area contributed by atoms with Crippen molar-refractivity contribution in [1.82, 2.24) is 4.98 Å². The number of esters is 2. The molecule has 2 N–H and O–H groups in total. The van der Waals surface area contributed by atoms with Crippen molar-refractivity contribution < 1.29 is 37.0 Å². The molecule has 0 saturated carbocycles. The largest absolute Gasteiger partial charge is 0.461 e. The lowest BCUT2D eigenvalue weighted by Gasteiger charge is -2.13. The molecule has 0 bridgehead atoms. The van der Waals surface area contributed by atoms with Crippen LogP contribution in [0.15, 0.2) is 24.3 Å². The number of alkyl halides is 3. The minimum absolute atomic E-state index is 0.0524. The number of aromatic amines is 1. The summed E-state index contributed by atoms with van der Waals surface area (Å²) in [7, 11) is 0. The van der Waals surface area contributed by atoms with Crippen molar-refractivity contribution in [1.29, 1.82) is 0 Å². The molecule has 0 spiro atoms. The molecule has 0 aliphatic heterocycles. The third-order valence-corrected chi connectivity index (χ3v) is 3.96. The summed E-state index contributed by atoms with van der Waals surface area (Å²) in [6.45, 7) is 4.02. The van der Waals surface area contributed by atoms with Crippen molar-refractivity contribution >= 4 is 23.5 Å². The summed E-state index contributed by atoms with van der Waals surface area (Å²) in [4.78, 5) is 38.9. The number of nitrogens with one attached hydrogen (secondary N) is 2. The fourth-order valence-corrected chi connectivity index (χ4v) is 2.69. The molecule has 1 aromatic carbocycles. The van der Waals surface area contributed by atoms with Crippen LogP contribution < -0.4 is 5.32 Å². The number of hydrogen-bond acceptors (Lipinski definition) is 5. The van der Waals surface area contributed by atoms with Crippen LogP contribution in [0.5, 0.6) is 0 Å². The van der Waals surface area contributed by atoms with E-state index >= 15 is 0 Å². The third-order valence-electron chi connectivity index (χ3n) is 3.96. The molecule has 0 fully saturated rings. The molecule has 0 radical (unpaired) electrons. The van der Waals surface area contributed by atoms with Crippen LogP contribution in [0.3, 0.4) is 0 Å². The Hall–Kier alpha value is -3.30. The molecule has 2 rings (SSSR count). The second-order valence-electron chi connectivity index (χ2n) is 6.01. The molecule has 1 heterocycles. The van der Waals surface area contributed by atoms with E-state index in [1.165, 1.54) is 26.0 Å². The predicted octanol–water partition coefficient (Wildman–Crippen LogP) is 3.62. The van der Waals surface area contributed by atoms with Gasteiger partial charge >= 0.3 is 18.1 Å². The third kappa shape index (κ3) is 5.15. The SMILES string of the molecule is CCOC(=O)c1[nH]c(C)c(C(=O)OCC(=O)Nc2ccccc2C(F)(F)F)c1C. The number of carbonyl (C=O) groups is 3. The van der Waals surface area contributed by atoms with Crippen LogP contribution in [0.1, 0.15) is 44.6 Å². The van der Waals surface area contributed by atoms with Crippen molar-refractivity contribution in [2.45, 2.75) is 26.9 Å². The average Bonchev–Trinajstić information content (AvgIpc) is 2.94. The number of para-hydroxylation sites is 1. The Bertz CT molecular complexity index is 934. The number of anilines is 1. The molecule has 7 nitrogen and oxygen atoms in total. The molecule has 0 aliphatic carbocycles. The van der Waals surface area contributed by atoms with E-state index in [1.807, 2.05) is 0 Å². The fourth-order valence-electron chi connectivity index (χ4n) is 2.69. The van der Waals surface area contributed by atoms with Gasteiger partial charge in [-0.1, -0.05) is 12.1 Å². The number of ether oxygens (including phenoxy) is 2. The van der Waals surface area contributed by atoms with Crippen molar-refractivity contribution in [3.8, 4) is 0 Å². The molecule has 0 saturated heterocycles. The number of benzene rings is 1. The number of rotatable bonds is 6. The van der Waals surface area contributed by atoms with E-state index in [0.717, 1.165) is 12.1 Å². The molecular formula is C19H19F3N2O5. The minimum atomic E-state index is -4.65. The van der Waals surface area contributed by atoms with Crippen LogP contribution >= 0.6 is 0 Å². The standard InChI is InChI=1S/C19H19F3N2O5/c1-4-28-18(27)16-10(2)15(11(3)23-16)17(26)29-9-14(25)24-13-8-6-5-7-12(13)19(20,21)22/h5-8,23H,4,9H2,1-3H3,(H,24,25). The molecular weight excluding hydrogens is 393 g/mol. The van der Waals surface area contributed by atoms with Gasteiger partial charge in [-0.2, -0.15) is 13.2 Å². The number of hydrogen-bond donors (Lipinski definition) is 2. The van der Waals surface area contributed by atoms with Crippen molar-refractivity contribution in [3.63, 3.8) is 0 Å². The lowest BCUT2D eigenvalue weighted by Crippen LogP contribution is -2.23. The predicted molar refractivity (Wildman–Crippen MR) is 96.6 cm³/mol. The zero-order chi connectivity index (χ0) is 21.8. The highest BCUT2D eigenvalue weighted by Gasteiger charge is 2.33. The highest BCUT2D eigenvalue weighted by Crippen LogP contribution is 2.34. The number of carbonyl (C=O) groups excluding carboxylic acids is 3. The number of halogens is 3. The molecule has 1 aromatic heterocycles. The van der Waals surface area contributed by atoms with Crippen molar-refractivity contribution in [2.24, 2.45) is 0 Å². The summed E-state index contributed by atoms with van der Waals surface area (Å²) in [6.07, 6.45) is -4.65. The second-order valence-corrected chi connectivity index (χ2v) is 6.01. The minimum Gasteiger partial charge on any atom is -0.461 e. The average molecular weight is 412 g/mol. The fraction of sp³-hybridized carbons (Fsp3) is 0.316. The first-order chi connectivity index (χ1) is 13.6. The maximum atomic E-state index is 13.0. The number of amides is 1. The van der Waals surface area contributed by atoms with E-state index in [1.54, 1.807) is 6.92 Å². The van der Waals surface area contributed by atoms with Gasteiger partial charge in [-0.15, -0.1) is 0 Å². The summed E-state index contributed by atoms with van der Waals surface area (Å²) < 4.78 is 48.7. The number of aryl methyl sites for hydroxylation is 1. The Morgan fingerprint density at radius 2 is 1.72 bits per heavy atom. The van der Waals surface area contributed by atoms with Gasteiger partial charge in [0.1, 0.15) is 5.69 Å². The zero-order valence-electron chi connectivity index (χ0n) is 15.9. The van der Waals surface area contributed by atoms with Crippen LogP contribution in [0.25, 0.3) is 0 Å². The Labute approximate surface area is 164 Å². The summed E-state index contributed by atoms with van der Waals surface area (Å²) in [6, 6.07) is 4.44. The van der Waals surface area contributed by atoms with Crippen molar-refractivity contribution in [2.75, 3.05) is 18.5 Å². The van der Waals surface area contributed by atoms with E-state index in [9.17, 15) is 27.6 Å². The molecule has 0 unspecified atom stereocenters. The monoisotopic (exact) mass is 412 g/mol. The molecule has 29 heavy (non-hydrogen) atoms. The van der Waals surface area contributed by atoms with Gasteiger partial charge in [0.2, 0.25) is 0 Å². The zero-order valence-corrected chi connectivity index (χ0v) is 15.9. The maximum Gasteiger partial charge on any atom is 0.418 e. The quantitative estimate of drug-likeness (QED) is 0.707. The molecule has 0 aliphatic rings. The Kier molecular flexibility index (Phi) is 6.68.